The van der Waals surface area contributed by atoms with Gasteiger partial charge in [0, 0.05) is 13.0 Å². The van der Waals surface area contributed by atoms with Gasteiger partial charge >= 0.3 is 0 Å². The van der Waals surface area contributed by atoms with Crippen LogP contribution >= 0.6 is 11.6 Å². The summed E-state index contributed by atoms with van der Waals surface area (Å²) < 4.78 is 10.4. The number of aromatic hydroxyl groups is 1. The maximum absolute atomic E-state index is 9.82. The Morgan fingerprint density at radius 1 is 1.33 bits per heavy atom. The predicted octanol–water partition coefficient (Wildman–Crippen LogP) is 3.66. The van der Waals surface area contributed by atoms with E-state index < -0.39 is 0 Å². The Morgan fingerprint density at radius 3 is 2.71 bits per heavy atom. The van der Waals surface area contributed by atoms with Crippen molar-refractivity contribution in [2.75, 3.05) is 13.7 Å². The highest BCUT2D eigenvalue weighted by molar-refractivity contribution is 6.32. The smallest absolute Gasteiger partial charge is 0.226 e. The molecule has 0 saturated carbocycles. The second kappa shape index (κ2) is 8.35. The predicted molar refractivity (Wildman–Crippen MR) is 92.3 cm³/mol. The molecule has 7 heteroatoms. The van der Waals surface area contributed by atoms with Crippen molar-refractivity contribution >= 4 is 11.6 Å². The fourth-order valence-corrected chi connectivity index (χ4v) is 2.63. The quantitative estimate of drug-likeness (QED) is 0.780. The van der Waals surface area contributed by atoms with Crippen LogP contribution in [0, 0.1) is 5.92 Å². The zero-order valence-corrected chi connectivity index (χ0v) is 15.3. The summed E-state index contributed by atoms with van der Waals surface area (Å²) in [4.78, 5) is 6.59. The van der Waals surface area contributed by atoms with Crippen LogP contribution in [-0.4, -0.2) is 33.8 Å². The van der Waals surface area contributed by atoms with E-state index in [1.807, 2.05) is 0 Å². The van der Waals surface area contributed by atoms with E-state index in [1.165, 1.54) is 7.11 Å². The molecule has 1 N–H and O–H groups in total. The largest absolute Gasteiger partial charge is 0.503 e. The summed E-state index contributed by atoms with van der Waals surface area (Å²) in [5.74, 6) is 2.15. The number of methoxy groups -OCH3 is 1. The lowest BCUT2D eigenvalue weighted by atomic mass is 10.1. The van der Waals surface area contributed by atoms with E-state index in [0.29, 0.717) is 36.5 Å². The molecule has 0 aliphatic rings. The standard InChI is InChI=1S/C17H24ClN3O3/c1-5-21(10-15-19-16(24-20-15)6-11(2)3)9-12-7-13(18)17(22)14(8-12)23-4/h7-8,11,22H,5-6,9-10H2,1-4H3. The molecule has 0 saturated heterocycles. The highest BCUT2D eigenvalue weighted by atomic mass is 35.5. The van der Waals surface area contributed by atoms with Crippen LogP contribution in [0.2, 0.25) is 5.02 Å². The third-order valence-electron chi connectivity index (χ3n) is 3.62. The highest BCUT2D eigenvalue weighted by Crippen LogP contribution is 2.35. The normalized spacial score (nSPS) is 11.5. The lowest BCUT2D eigenvalue weighted by molar-refractivity contribution is 0.258. The van der Waals surface area contributed by atoms with E-state index in [2.05, 4.69) is 35.8 Å². The second-order valence-electron chi connectivity index (χ2n) is 6.13. The number of ether oxygens (including phenoxy) is 1. The molecule has 0 bridgehead atoms. The first-order chi connectivity index (χ1) is 11.4. The van der Waals surface area contributed by atoms with Gasteiger partial charge in [0.25, 0.3) is 0 Å². The molecule has 0 unspecified atom stereocenters. The van der Waals surface area contributed by atoms with Crippen molar-refractivity contribution in [2.24, 2.45) is 5.92 Å². The number of phenols is 1. The molecule has 6 nitrogen and oxygen atoms in total. The van der Waals surface area contributed by atoms with Gasteiger partial charge in [0.2, 0.25) is 5.89 Å². The van der Waals surface area contributed by atoms with Crippen molar-refractivity contribution in [3.63, 3.8) is 0 Å². The maximum atomic E-state index is 9.82. The summed E-state index contributed by atoms with van der Waals surface area (Å²) in [5, 5.41) is 14.1. The summed E-state index contributed by atoms with van der Waals surface area (Å²) in [5.41, 5.74) is 0.947. The highest BCUT2D eigenvalue weighted by Gasteiger charge is 2.14. The van der Waals surface area contributed by atoms with E-state index in [9.17, 15) is 5.11 Å². The van der Waals surface area contributed by atoms with Crippen molar-refractivity contribution in [1.29, 1.82) is 0 Å². The molecule has 1 heterocycles. The minimum Gasteiger partial charge on any atom is -0.503 e. The van der Waals surface area contributed by atoms with Gasteiger partial charge in [0.05, 0.1) is 18.7 Å². The van der Waals surface area contributed by atoms with Crippen LogP contribution in [0.25, 0.3) is 0 Å². The summed E-state index contributed by atoms with van der Waals surface area (Å²) in [6, 6.07) is 3.52. The number of phenolic OH excluding ortho intramolecular Hbond substituents is 1. The zero-order valence-electron chi connectivity index (χ0n) is 14.5. The van der Waals surface area contributed by atoms with E-state index in [4.69, 9.17) is 20.9 Å². The SMILES string of the molecule is CCN(Cc1cc(Cl)c(O)c(OC)c1)Cc1noc(CC(C)C)n1. The van der Waals surface area contributed by atoms with E-state index in [0.717, 1.165) is 18.5 Å². The Balaban J connectivity index is 2.07. The molecule has 0 fully saturated rings. The molecular formula is C17H24ClN3O3. The number of hydrogen-bond acceptors (Lipinski definition) is 6. The summed E-state index contributed by atoms with van der Waals surface area (Å²) in [6.45, 7) is 8.33. The van der Waals surface area contributed by atoms with Crippen molar-refractivity contribution in [1.82, 2.24) is 15.0 Å². The van der Waals surface area contributed by atoms with Crippen molar-refractivity contribution in [2.45, 2.75) is 40.3 Å². The van der Waals surface area contributed by atoms with Crippen LogP contribution in [0.3, 0.4) is 0 Å². The maximum Gasteiger partial charge on any atom is 0.226 e. The molecule has 1 aromatic heterocycles. The zero-order chi connectivity index (χ0) is 17.7. The number of hydrogen-bond donors (Lipinski definition) is 1. The van der Waals surface area contributed by atoms with Gasteiger partial charge in [-0.15, -0.1) is 0 Å². The fourth-order valence-electron chi connectivity index (χ4n) is 2.40. The average Bonchev–Trinajstić information content (AvgIpc) is 2.96. The minimum absolute atomic E-state index is 0.0394. The first-order valence-corrected chi connectivity index (χ1v) is 8.39. The number of nitrogens with zero attached hydrogens (tertiary/aromatic N) is 3. The van der Waals surface area contributed by atoms with Crippen LogP contribution in [0.5, 0.6) is 11.5 Å². The molecule has 2 rings (SSSR count). The summed E-state index contributed by atoms with van der Waals surface area (Å²) in [7, 11) is 1.50. The van der Waals surface area contributed by atoms with Gasteiger partial charge in [0.15, 0.2) is 17.3 Å². The van der Waals surface area contributed by atoms with Gasteiger partial charge in [0.1, 0.15) is 0 Å². The number of halogens is 1. The van der Waals surface area contributed by atoms with Gasteiger partial charge in [-0.1, -0.05) is 37.5 Å². The molecule has 0 aliphatic carbocycles. The van der Waals surface area contributed by atoms with Crippen molar-refractivity contribution < 1.29 is 14.4 Å². The topological polar surface area (TPSA) is 71.6 Å². The Hall–Kier alpha value is -1.79. The van der Waals surface area contributed by atoms with Crippen LogP contribution < -0.4 is 4.74 Å². The van der Waals surface area contributed by atoms with Crippen molar-refractivity contribution in [3.05, 3.63) is 34.4 Å². The third-order valence-corrected chi connectivity index (χ3v) is 3.91. The van der Waals surface area contributed by atoms with E-state index in [1.54, 1.807) is 12.1 Å². The van der Waals surface area contributed by atoms with E-state index >= 15 is 0 Å². The van der Waals surface area contributed by atoms with Crippen LogP contribution in [0.15, 0.2) is 16.7 Å². The molecule has 0 amide bonds. The fraction of sp³-hybridized carbons (Fsp3) is 0.529. The molecule has 0 aliphatic heterocycles. The van der Waals surface area contributed by atoms with Crippen molar-refractivity contribution in [3.8, 4) is 11.5 Å². The Bertz CT molecular complexity index is 673. The summed E-state index contributed by atoms with van der Waals surface area (Å²) >= 11 is 6.05. The third kappa shape index (κ3) is 4.85. The lowest BCUT2D eigenvalue weighted by Gasteiger charge is -2.19. The van der Waals surface area contributed by atoms with Gasteiger partial charge in [-0.2, -0.15) is 4.98 Å². The Labute approximate surface area is 147 Å². The van der Waals surface area contributed by atoms with Crippen LogP contribution in [-0.2, 0) is 19.5 Å². The molecule has 132 valence electrons. The summed E-state index contributed by atoms with van der Waals surface area (Å²) in [6.07, 6.45) is 0.782. The molecule has 2 aromatic rings. The minimum atomic E-state index is -0.0394. The van der Waals surface area contributed by atoms with Gasteiger partial charge in [-0.3, -0.25) is 4.90 Å². The Kier molecular flexibility index (Phi) is 6.45. The Morgan fingerprint density at radius 2 is 2.08 bits per heavy atom. The van der Waals surface area contributed by atoms with E-state index in [-0.39, 0.29) is 10.8 Å². The molecule has 0 spiro atoms. The van der Waals surface area contributed by atoms with Gasteiger partial charge in [-0.25, -0.2) is 0 Å². The molecular weight excluding hydrogens is 330 g/mol. The first-order valence-electron chi connectivity index (χ1n) is 8.02. The number of benzene rings is 1. The lowest BCUT2D eigenvalue weighted by Crippen LogP contribution is -2.23. The van der Waals surface area contributed by atoms with Crippen LogP contribution in [0.1, 0.15) is 38.0 Å². The first kappa shape index (κ1) is 18.5. The van der Waals surface area contributed by atoms with Crippen LogP contribution in [0.4, 0.5) is 0 Å². The molecule has 0 atom stereocenters. The molecule has 1 aromatic carbocycles. The molecule has 24 heavy (non-hydrogen) atoms. The van der Waals surface area contributed by atoms with Gasteiger partial charge in [-0.05, 0) is 30.2 Å². The monoisotopic (exact) mass is 353 g/mol. The second-order valence-corrected chi connectivity index (χ2v) is 6.54. The number of rotatable bonds is 8. The number of aromatic nitrogens is 2. The average molecular weight is 354 g/mol. The van der Waals surface area contributed by atoms with Gasteiger partial charge < -0.3 is 14.4 Å². The molecule has 0 radical (unpaired) electrons.